The molecule has 2 N–H and O–H groups in total. The van der Waals surface area contributed by atoms with Crippen LogP contribution in [0.4, 0.5) is 0 Å². The van der Waals surface area contributed by atoms with Gasteiger partial charge in [0.1, 0.15) is 0 Å². The summed E-state index contributed by atoms with van der Waals surface area (Å²) in [5.74, 6) is 6.62. The van der Waals surface area contributed by atoms with Gasteiger partial charge in [0.2, 0.25) is 0 Å². The third kappa shape index (κ3) is 5.36. The Kier molecular flexibility index (Phi) is 6.28. The standard InChI is InChI=1S/C14H21NOS/c1-11(2)9-12(3)16-10-14-13(5-4-7-15)6-8-17-14/h6,8,11-12H,7,9-10,15H2,1-3H3. The lowest BCUT2D eigenvalue weighted by molar-refractivity contribution is 0.0411. The number of nitrogens with two attached hydrogens (primary N) is 1. The maximum Gasteiger partial charge on any atom is 0.0825 e. The lowest BCUT2D eigenvalue weighted by Gasteiger charge is -2.14. The van der Waals surface area contributed by atoms with Crippen molar-refractivity contribution in [2.45, 2.75) is 39.9 Å². The predicted octanol–water partition coefficient (Wildman–Crippen LogP) is 3.01. The molecule has 17 heavy (non-hydrogen) atoms. The number of hydrogen-bond donors (Lipinski definition) is 1. The summed E-state index contributed by atoms with van der Waals surface area (Å²) in [4.78, 5) is 1.20. The minimum absolute atomic E-state index is 0.299. The smallest absolute Gasteiger partial charge is 0.0825 e. The predicted molar refractivity (Wildman–Crippen MR) is 74.0 cm³/mol. The molecule has 0 fully saturated rings. The highest BCUT2D eigenvalue weighted by atomic mass is 32.1. The Bertz CT molecular complexity index is 386. The van der Waals surface area contributed by atoms with E-state index in [0.717, 1.165) is 12.0 Å². The average Bonchev–Trinajstić information content (AvgIpc) is 2.70. The molecule has 0 aromatic carbocycles. The lowest BCUT2D eigenvalue weighted by Crippen LogP contribution is -2.11. The summed E-state index contributed by atoms with van der Waals surface area (Å²) in [6.45, 7) is 7.60. The largest absolute Gasteiger partial charge is 0.373 e. The summed E-state index contributed by atoms with van der Waals surface area (Å²) in [6.07, 6.45) is 1.39. The summed E-state index contributed by atoms with van der Waals surface area (Å²) in [5, 5.41) is 2.05. The van der Waals surface area contributed by atoms with Gasteiger partial charge in [-0.2, -0.15) is 0 Å². The van der Waals surface area contributed by atoms with Gasteiger partial charge in [-0.15, -0.1) is 11.3 Å². The first-order valence-electron chi connectivity index (χ1n) is 6.00. The number of thiophene rings is 1. The van der Waals surface area contributed by atoms with E-state index >= 15 is 0 Å². The van der Waals surface area contributed by atoms with Crippen LogP contribution in [-0.2, 0) is 11.3 Å². The van der Waals surface area contributed by atoms with Gasteiger partial charge >= 0.3 is 0 Å². The molecule has 1 heterocycles. The number of ether oxygens (including phenoxy) is 1. The molecule has 0 aliphatic carbocycles. The summed E-state index contributed by atoms with van der Waals surface area (Å²) >= 11 is 1.69. The van der Waals surface area contributed by atoms with Crippen molar-refractivity contribution < 1.29 is 4.74 Å². The second-order valence-corrected chi connectivity index (χ2v) is 5.52. The van der Waals surface area contributed by atoms with Crippen LogP contribution in [0.25, 0.3) is 0 Å². The minimum Gasteiger partial charge on any atom is -0.373 e. The maximum atomic E-state index is 5.83. The van der Waals surface area contributed by atoms with Crippen molar-refractivity contribution in [1.29, 1.82) is 0 Å². The van der Waals surface area contributed by atoms with Crippen LogP contribution in [0.5, 0.6) is 0 Å². The first-order valence-corrected chi connectivity index (χ1v) is 6.88. The minimum atomic E-state index is 0.299. The van der Waals surface area contributed by atoms with Crippen molar-refractivity contribution in [3.05, 3.63) is 21.9 Å². The highest BCUT2D eigenvalue weighted by Gasteiger charge is 2.08. The molecule has 0 saturated heterocycles. The summed E-state index contributed by atoms with van der Waals surface area (Å²) in [5.41, 5.74) is 6.42. The molecule has 0 saturated carbocycles. The molecule has 1 rings (SSSR count). The van der Waals surface area contributed by atoms with Crippen molar-refractivity contribution in [1.82, 2.24) is 0 Å². The Hall–Kier alpha value is -0.820. The van der Waals surface area contributed by atoms with Gasteiger partial charge in [0.15, 0.2) is 0 Å². The molecule has 0 aliphatic heterocycles. The monoisotopic (exact) mass is 251 g/mol. The van der Waals surface area contributed by atoms with Crippen molar-refractivity contribution in [2.24, 2.45) is 11.7 Å². The van der Waals surface area contributed by atoms with Crippen LogP contribution in [0.3, 0.4) is 0 Å². The SMILES string of the molecule is CC(C)CC(C)OCc1sccc1C#CCN. The van der Waals surface area contributed by atoms with Gasteiger partial charge in [0.05, 0.1) is 19.3 Å². The molecule has 0 radical (unpaired) electrons. The van der Waals surface area contributed by atoms with Crippen molar-refractivity contribution in [2.75, 3.05) is 6.54 Å². The fourth-order valence-electron chi connectivity index (χ4n) is 1.66. The first-order chi connectivity index (χ1) is 8.13. The number of rotatable bonds is 5. The number of hydrogen-bond acceptors (Lipinski definition) is 3. The van der Waals surface area contributed by atoms with E-state index in [9.17, 15) is 0 Å². The third-order valence-electron chi connectivity index (χ3n) is 2.37. The first kappa shape index (κ1) is 14.2. The maximum absolute atomic E-state index is 5.83. The Balaban J connectivity index is 2.49. The molecule has 0 aliphatic rings. The van der Waals surface area contributed by atoms with Gasteiger partial charge in [-0.3, -0.25) is 0 Å². The summed E-state index contributed by atoms with van der Waals surface area (Å²) < 4.78 is 5.83. The van der Waals surface area contributed by atoms with E-state index in [2.05, 4.69) is 32.6 Å². The van der Waals surface area contributed by atoms with Crippen LogP contribution in [0.2, 0.25) is 0 Å². The van der Waals surface area contributed by atoms with Crippen molar-refractivity contribution in [3.63, 3.8) is 0 Å². The van der Waals surface area contributed by atoms with Crippen LogP contribution in [-0.4, -0.2) is 12.6 Å². The van der Waals surface area contributed by atoms with Gasteiger partial charge < -0.3 is 10.5 Å². The van der Waals surface area contributed by atoms with E-state index in [1.165, 1.54) is 4.88 Å². The Morgan fingerprint density at radius 1 is 1.41 bits per heavy atom. The fourth-order valence-corrected chi connectivity index (χ4v) is 2.41. The van der Waals surface area contributed by atoms with Crippen molar-refractivity contribution >= 4 is 11.3 Å². The van der Waals surface area contributed by atoms with Crippen LogP contribution in [0.15, 0.2) is 11.4 Å². The second-order valence-electron chi connectivity index (χ2n) is 4.51. The summed E-state index contributed by atoms with van der Waals surface area (Å²) in [7, 11) is 0. The molecule has 1 aromatic rings. The molecule has 1 unspecified atom stereocenters. The van der Waals surface area contributed by atoms with Crippen LogP contribution in [0, 0.1) is 17.8 Å². The zero-order chi connectivity index (χ0) is 12.7. The van der Waals surface area contributed by atoms with Gasteiger partial charge in [-0.1, -0.05) is 25.7 Å². The van der Waals surface area contributed by atoms with Crippen LogP contribution < -0.4 is 5.73 Å². The molecular weight excluding hydrogens is 230 g/mol. The van der Waals surface area contributed by atoms with Gasteiger partial charge in [-0.05, 0) is 30.7 Å². The zero-order valence-electron chi connectivity index (χ0n) is 10.8. The highest BCUT2D eigenvalue weighted by Crippen LogP contribution is 2.18. The Morgan fingerprint density at radius 3 is 2.82 bits per heavy atom. The molecule has 2 nitrogen and oxygen atoms in total. The molecule has 1 aromatic heterocycles. The average molecular weight is 251 g/mol. The molecule has 0 amide bonds. The molecular formula is C14H21NOS. The van der Waals surface area contributed by atoms with Crippen LogP contribution in [0.1, 0.15) is 37.6 Å². The molecule has 3 heteroatoms. The van der Waals surface area contributed by atoms with E-state index in [1.54, 1.807) is 11.3 Å². The summed E-state index contributed by atoms with van der Waals surface area (Å²) in [6, 6.07) is 2.03. The van der Waals surface area contributed by atoms with Gasteiger partial charge in [-0.25, -0.2) is 0 Å². The Morgan fingerprint density at radius 2 is 2.18 bits per heavy atom. The highest BCUT2D eigenvalue weighted by molar-refractivity contribution is 7.10. The van der Waals surface area contributed by atoms with Crippen LogP contribution >= 0.6 is 11.3 Å². The van der Waals surface area contributed by atoms with Crippen molar-refractivity contribution in [3.8, 4) is 11.8 Å². The Labute approximate surface area is 108 Å². The van der Waals surface area contributed by atoms with E-state index in [0.29, 0.717) is 25.2 Å². The van der Waals surface area contributed by atoms with E-state index in [-0.39, 0.29) is 0 Å². The third-order valence-corrected chi connectivity index (χ3v) is 3.27. The lowest BCUT2D eigenvalue weighted by atomic mass is 10.1. The zero-order valence-corrected chi connectivity index (χ0v) is 11.6. The molecule has 1 atom stereocenters. The normalized spacial score (nSPS) is 12.3. The van der Waals surface area contributed by atoms with E-state index in [4.69, 9.17) is 10.5 Å². The topological polar surface area (TPSA) is 35.2 Å². The quantitative estimate of drug-likeness (QED) is 0.816. The van der Waals surface area contributed by atoms with E-state index in [1.807, 2.05) is 11.4 Å². The second kappa shape index (κ2) is 7.50. The van der Waals surface area contributed by atoms with Gasteiger partial charge in [0.25, 0.3) is 0 Å². The molecule has 0 spiro atoms. The van der Waals surface area contributed by atoms with E-state index < -0.39 is 0 Å². The van der Waals surface area contributed by atoms with Gasteiger partial charge in [0, 0.05) is 10.4 Å². The fraction of sp³-hybridized carbons (Fsp3) is 0.571. The molecule has 94 valence electrons. The molecule has 0 bridgehead atoms.